The SMILES string of the molecule is CCCCCC(CCCCC)C1CNCCN1. The summed E-state index contributed by atoms with van der Waals surface area (Å²) in [7, 11) is 0. The van der Waals surface area contributed by atoms with E-state index in [4.69, 9.17) is 0 Å². The maximum atomic E-state index is 3.71. The van der Waals surface area contributed by atoms with E-state index < -0.39 is 0 Å². The molecule has 0 amide bonds. The summed E-state index contributed by atoms with van der Waals surface area (Å²) in [5.74, 6) is 0.904. The highest BCUT2D eigenvalue weighted by molar-refractivity contribution is 4.82. The zero-order chi connectivity index (χ0) is 12.3. The summed E-state index contributed by atoms with van der Waals surface area (Å²) >= 11 is 0. The van der Waals surface area contributed by atoms with Crippen molar-refractivity contribution in [3.63, 3.8) is 0 Å². The molecule has 1 heterocycles. The van der Waals surface area contributed by atoms with E-state index in [0.717, 1.165) is 25.0 Å². The van der Waals surface area contributed by atoms with Crippen LogP contribution in [0.25, 0.3) is 0 Å². The number of hydrogen-bond donors (Lipinski definition) is 2. The number of hydrogen-bond acceptors (Lipinski definition) is 2. The molecule has 1 saturated heterocycles. The van der Waals surface area contributed by atoms with Crippen LogP contribution in [0, 0.1) is 5.92 Å². The van der Waals surface area contributed by atoms with E-state index in [-0.39, 0.29) is 0 Å². The zero-order valence-corrected chi connectivity index (χ0v) is 11.9. The number of piperazine rings is 1. The fraction of sp³-hybridized carbons (Fsp3) is 1.00. The van der Waals surface area contributed by atoms with Crippen molar-refractivity contribution in [2.24, 2.45) is 5.92 Å². The average Bonchev–Trinajstić information content (AvgIpc) is 2.38. The van der Waals surface area contributed by atoms with E-state index in [1.165, 1.54) is 57.9 Å². The van der Waals surface area contributed by atoms with Crippen molar-refractivity contribution in [1.29, 1.82) is 0 Å². The molecule has 0 saturated carbocycles. The van der Waals surface area contributed by atoms with E-state index in [9.17, 15) is 0 Å². The smallest absolute Gasteiger partial charge is 0.0221 e. The summed E-state index contributed by atoms with van der Waals surface area (Å²) in [5, 5.41) is 7.24. The molecule has 1 rings (SSSR count). The molecule has 1 aliphatic heterocycles. The van der Waals surface area contributed by atoms with Gasteiger partial charge in [0.1, 0.15) is 0 Å². The molecule has 1 aliphatic rings. The summed E-state index contributed by atoms with van der Waals surface area (Å²) in [6.07, 6.45) is 11.2. The molecule has 0 aromatic heterocycles. The van der Waals surface area contributed by atoms with Gasteiger partial charge in [-0.3, -0.25) is 0 Å². The molecule has 0 bridgehead atoms. The largest absolute Gasteiger partial charge is 0.314 e. The Balaban J connectivity index is 2.27. The number of nitrogens with one attached hydrogen (secondary N) is 2. The Labute approximate surface area is 108 Å². The van der Waals surface area contributed by atoms with Crippen LogP contribution in [0.1, 0.15) is 65.2 Å². The predicted octanol–water partition coefficient (Wildman–Crippen LogP) is 3.32. The van der Waals surface area contributed by atoms with Gasteiger partial charge < -0.3 is 10.6 Å². The normalized spacial score (nSPS) is 21.0. The molecular formula is C15H32N2. The Morgan fingerprint density at radius 3 is 2.06 bits per heavy atom. The van der Waals surface area contributed by atoms with Crippen LogP contribution in [-0.4, -0.2) is 25.7 Å². The first-order valence-corrected chi connectivity index (χ1v) is 7.82. The highest BCUT2D eigenvalue weighted by Crippen LogP contribution is 2.21. The quantitative estimate of drug-likeness (QED) is 0.604. The second kappa shape index (κ2) is 9.90. The van der Waals surface area contributed by atoms with Crippen molar-refractivity contribution in [3.05, 3.63) is 0 Å². The molecule has 2 heteroatoms. The molecule has 1 fully saturated rings. The second-order valence-corrected chi connectivity index (χ2v) is 5.52. The van der Waals surface area contributed by atoms with Crippen molar-refractivity contribution in [2.75, 3.05) is 19.6 Å². The van der Waals surface area contributed by atoms with Crippen LogP contribution in [0.4, 0.5) is 0 Å². The summed E-state index contributed by atoms with van der Waals surface area (Å²) < 4.78 is 0. The number of unbranched alkanes of at least 4 members (excludes halogenated alkanes) is 4. The first-order valence-electron chi connectivity index (χ1n) is 7.82. The topological polar surface area (TPSA) is 24.1 Å². The number of rotatable bonds is 9. The average molecular weight is 240 g/mol. The van der Waals surface area contributed by atoms with Crippen molar-refractivity contribution >= 4 is 0 Å². The van der Waals surface area contributed by atoms with Gasteiger partial charge in [0.15, 0.2) is 0 Å². The van der Waals surface area contributed by atoms with Gasteiger partial charge in [-0.1, -0.05) is 52.4 Å². The lowest BCUT2D eigenvalue weighted by atomic mass is 9.87. The fourth-order valence-electron chi connectivity index (χ4n) is 2.87. The van der Waals surface area contributed by atoms with Crippen molar-refractivity contribution < 1.29 is 0 Å². The lowest BCUT2D eigenvalue weighted by Crippen LogP contribution is -2.51. The van der Waals surface area contributed by atoms with Gasteiger partial charge in [0, 0.05) is 25.7 Å². The molecule has 0 aromatic carbocycles. The van der Waals surface area contributed by atoms with Gasteiger partial charge in [0.2, 0.25) is 0 Å². The van der Waals surface area contributed by atoms with Crippen LogP contribution in [0.3, 0.4) is 0 Å². The van der Waals surface area contributed by atoms with Crippen LogP contribution in [0.5, 0.6) is 0 Å². The van der Waals surface area contributed by atoms with Crippen LogP contribution >= 0.6 is 0 Å². The van der Waals surface area contributed by atoms with E-state index in [0.29, 0.717) is 0 Å². The summed E-state index contributed by atoms with van der Waals surface area (Å²) in [5.41, 5.74) is 0. The molecule has 0 aromatic rings. The standard InChI is InChI=1S/C15H32N2/c1-3-5-7-9-14(10-8-6-4-2)15-13-16-11-12-17-15/h14-17H,3-13H2,1-2H3. The second-order valence-electron chi connectivity index (χ2n) is 5.52. The monoisotopic (exact) mass is 240 g/mol. The Bertz CT molecular complexity index is 154. The van der Waals surface area contributed by atoms with Crippen LogP contribution < -0.4 is 10.6 Å². The minimum Gasteiger partial charge on any atom is -0.314 e. The first kappa shape index (κ1) is 15.0. The Hall–Kier alpha value is -0.0800. The van der Waals surface area contributed by atoms with Crippen molar-refractivity contribution in [1.82, 2.24) is 10.6 Å². The van der Waals surface area contributed by atoms with Crippen LogP contribution in [0.2, 0.25) is 0 Å². The van der Waals surface area contributed by atoms with Crippen molar-refractivity contribution in [2.45, 2.75) is 71.3 Å². The Kier molecular flexibility index (Phi) is 8.72. The van der Waals surface area contributed by atoms with Gasteiger partial charge in [-0.15, -0.1) is 0 Å². The molecule has 102 valence electrons. The third-order valence-electron chi connectivity index (χ3n) is 4.00. The van der Waals surface area contributed by atoms with Gasteiger partial charge in [-0.2, -0.15) is 0 Å². The Morgan fingerprint density at radius 2 is 1.59 bits per heavy atom. The van der Waals surface area contributed by atoms with Crippen molar-refractivity contribution in [3.8, 4) is 0 Å². The molecule has 2 N–H and O–H groups in total. The molecule has 2 nitrogen and oxygen atoms in total. The fourth-order valence-corrected chi connectivity index (χ4v) is 2.87. The van der Waals surface area contributed by atoms with E-state index >= 15 is 0 Å². The first-order chi connectivity index (χ1) is 8.38. The molecule has 1 unspecified atom stereocenters. The van der Waals surface area contributed by atoms with E-state index in [2.05, 4.69) is 24.5 Å². The van der Waals surface area contributed by atoms with Gasteiger partial charge in [0.05, 0.1) is 0 Å². The van der Waals surface area contributed by atoms with E-state index in [1.807, 2.05) is 0 Å². The van der Waals surface area contributed by atoms with Gasteiger partial charge in [-0.25, -0.2) is 0 Å². The predicted molar refractivity (Wildman–Crippen MR) is 76.4 cm³/mol. The summed E-state index contributed by atoms with van der Waals surface area (Å²) in [6, 6.07) is 0.734. The minimum absolute atomic E-state index is 0.734. The molecule has 1 atom stereocenters. The third-order valence-corrected chi connectivity index (χ3v) is 4.00. The highest BCUT2D eigenvalue weighted by Gasteiger charge is 2.21. The molecule has 0 aliphatic carbocycles. The maximum absolute atomic E-state index is 3.71. The molecule has 17 heavy (non-hydrogen) atoms. The van der Waals surface area contributed by atoms with Gasteiger partial charge >= 0.3 is 0 Å². The van der Waals surface area contributed by atoms with Crippen LogP contribution in [-0.2, 0) is 0 Å². The third kappa shape index (κ3) is 6.42. The summed E-state index contributed by atoms with van der Waals surface area (Å²) in [6.45, 7) is 8.08. The highest BCUT2D eigenvalue weighted by atomic mass is 15.1. The molecule has 0 spiro atoms. The maximum Gasteiger partial charge on any atom is 0.0221 e. The summed E-state index contributed by atoms with van der Waals surface area (Å²) in [4.78, 5) is 0. The molecular weight excluding hydrogens is 208 g/mol. The van der Waals surface area contributed by atoms with Crippen LogP contribution in [0.15, 0.2) is 0 Å². The minimum atomic E-state index is 0.734. The van der Waals surface area contributed by atoms with Gasteiger partial charge in [0.25, 0.3) is 0 Å². The lowest BCUT2D eigenvalue weighted by Gasteiger charge is -2.32. The van der Waals surface area contributed by atoms with Gasteiger partial charge in [-0.05, 0) is 18.8 Å². The lowest BCUT2D eigenvalue weighted by molar-refractivity contribution is 0.269. The Morgan fingerprint density at radius 1 is 0.941 bits per heavy atom. The molecule has 0 radical (unpaired) electrons. The van der Waals surface area contributed by atoms with E-state index in [1.54, 1.807) is 0 Å². The zero-order valence-electron chi connectivity index (χ0n) is 11.9.